The first-order valence-electron chi connectivity index (χ1n) is 4.68. The third-order valence-corrected chi connectivity index (χ3v) is 2.22. The van der Waals surface area contributed by atoms with Gasteiger partial charge >= 0.3 is 0 Å². The minimum atomic E-state index is 0.127. The Morgan fingerprint density at radius 1 is 0.938 bits per heavy atom. The second kappa shape index (κ2) is 4.20. The van der Waals surface area contributed by atoms with Crippen LogP contribution in [0.1, 0.15) is 0 Å². The molecular weight excluding hydrogens is 200 g/mol. The molecule has 1 aliphatic rings. The number of hydrogen-bond donors (Lipinski definition) is 2. The highest BCUT2D eigenvalue weighted by molar-refractivity contribution is 5.72. The van der Waals surface area contributed by atoms with Crippen LogP contribution >= 0.6 is 0 Å². The maximum Gasteiger partial charge on any atom is 0.136 e. The lowest BCUT2D eigenvalue weighted by Crippen LogP contribution is -2.21. The largest absolute Gasteiger partial charge is 0.346 e. The zero-order valence-corrected chi connectivity index (χ0v) is 8.36. The molecule has 1 aromatic carbocycles. The summed E-state index contributed by atoms with van der Waals surface area (Å²) in [5, 5.41) is 25.1. The first kappa shape index (κ1) is 9.82. The van der Waals surface area contributed by atoms with Crippen LogP contribution in [0.4, 0.5) is 0 Å². The third-order valence-electron chi connectivity index (χ3n) is 2.22. The average Bonchev–Trinajstić information content (AvgIpc) is 2.85. The maximum absolute atomic E-state index is 8.71. The molecule has 2 N–H and O–H groups in total. The van der Waals surface area contributed by atoms with Crippen molar-refractivity contribution in [1.29, 1.82) is 10.5 Å². The van der Waals surface area contributed by atoms with Gasteiger partial charge in [-0.25, -0.2) is 0 Å². The summed E-state index contributed by atoms with van der Waals surface area (Å²) < 4.78 is 0. The lowest BCUT2D eigenvalue weighted by atomic mass is 10.2. The molecule has 0 aliphatic carbocycles. The van der Waals surface area contributed by atoms with E-state index in [1.807, 2.05) is 24.3 Å². The molecule has 0 fully saturated rings. The van der Waals surface area contributed by atoms with Gasteiger partial charge in [-0.15, -0.1) is 0 Å². The van der Waals surface area contributed by atoms with Crippen LogP contribution in [0.3, 0.4) is 0 Å². The Morgan fingerprint density at radius 3 is 2.00 bits per heavy atom. The lowest BCUT2D eigenvalue weighted by molar-refractivity contribution is 1.13. The van der Waals surface area contributed by atoms with Crippen LogP contribution in [0, 0.1) is 22.7 Å². The van der Waals surface area contributed by atoms with E-state index in [2.05, 4.69) is 10.6 Å². The summed E-state index contributed by atoms with van der Waals surface area (Å²) in [6.45, 7) is 0. The summed E-state index contributed by atoms with van der Waals surface area (Å²) in [5.74, 6) is 0.891. The van der Waals surface area contributed by atoms with Crippen molar-refractivity contribution >= 4 is 11.4 Å². The van der Waals surface area contributed by atoms with Gasteiger partial charge in [-0.05, 0) is 0 Å². The Bertz CT molecular complexity index is 592. The van der Waals surface area contributed by atoms with E-state index in [-0.39, 0.29) is 5.57 Å². The molecule has 0 saturated carbocycles. The van der Waals surface area contributed by atoms with Gasteiger partial charge in [0.1, 0.15) is 23.5 Å². The molecule has 1 aromatic rings. The van der Waals surface area contributed by atoms with Crippen LogP contribution in [0.5, 0.6) is 0 Å². The van der Waals surface area contributed by atoms with Gasteiger partial charge < -0.3 is 10.6 Å². The molecule has 0 amide bonds. The molecule has 0 radical (unpaired) electrons. The number of nitrogens with zero attached hydrogens (tertiary/aromatic N) is 2. The summed E-state index contributed by atoms with van der Waals surface area (Å²) in [5.41, 5.74) is 0.127. The first-order chi connectivity index (χ1) is 7.85. The number of nitrogens with one attached hydrogen (secondary N) is 2. The minimum Gasteiger partial charge on any atom is -0.346 e. The van der Waals surface area contributed by atoms with Gasteiger partial charge in [-0.1, -0.05) is 24.3 Å². The smallest absolute Gasteiger partial charge is 0.136 e. The molecule has 2 rings (SSSR count). The number of benzene rings is 1. The van der Waals surface area contributed by atoms with Crippen molar-refractivity contribution in [3.05, 3.63) is 47.1 Å². The molecule has 0 bridgehead atoms. The van der Waals surface area contributed by atoms with Gasteiger partial charge in [0, 0.05) is 22.8 Å². The van der Waals surface area contributed by atoms with Crippen molar-refractivity contribution in [2.24, 2.45) is 0 Å². The Kier molecular flexibility index (Phi) is 2.58. The van der Waals surface area contributed by atoms with Gasteiger partial charge in [0.05, 0.1) is 0 Å². The fraction of sp³-hybridized carbons (Fsp3) is 0. The molecule has 0 unspecified atom stereocenters. The van der Waals surface area contributed by atoms with Gasteiger partial charge in [0.25, 0.3) is 0 Å². The van der Waals surface area contributed by atoms with Crippen LogP contribution in [-0.2, 0) is 0 Å². The predicted molar refractivity (Wildman–Crippen MR) is 59.1 cm³/mol. The van der Waals surface area contributed by atoms with E-state index in [0.29, 0.717) is 5.22 Å². The van der Waals surface area contributed by atoms with Gasteiger partial charge in [0.2, 0.25) is 0 Å². The highest BCUT2D eigenvalue weighted by Gasteiger charge is 1.98. The minimum absolute atomic E-state index is 0.127. The van der Waals surface area contributed by atoms with E-state index in [1.54, 1.807) is 24.5 Å². The standard InChI is InChI=1S/C12H8N4/c13-7-11(8-14)9-1-3-10(4-2-9)12-15-5-6-16-12/h1-6,15-16H. The normalized spacial score (nSPS) is 12.2. The van der Waals surface area contributed by atoms with E-state index in [0.717, 1.165) is 11.0 Å². The molecule has 0 saturated heterocycles. The molecule has 0 atom stereocenters. The summed E-state index contributed by atoms with van der Waals surface area (Å²) in [7, 11) is 0. The summed E-state index contributed by atoms with van der Waals surface area (Å²) in [6.07, 6.45) is 3.59. The van der Waals surface area contributed by atoms with Crippen LogP contribution in [0.25, 0.3) is 11.4 Å². The van der Waals surface area contributed by atoms with Crippen molar-refractivity contribution in [2.75, 3.05) is 0 Å². The van der Waals surface area contributed by atoms with Gasteiger partial charge in [-0.2, -0.15) is 10.5 Å². The molecule has 0 spiro atoms. The quantitative estimate of drug-likeness (QED) is 0.609. The number of nitriles is 2. The van der Waals surface area contributed by atoms with Gasteiger partial charge in [0.15, 0.2) is 0 Å². The zero-order valence-electron chi connectivity index (χ0n) is 8.36. The summed E-state index contributed by atoms with van der Waals surface area (Å²) in [4.78, 5) is 0. The molecule has 0 aromatic heterocycles. The topological polar surface area (TPSA) is 71.6 Å². The fourth-order valence-corrected chi connectivity index (χ4v) is 1.42. The van der Waals surface area contributed by atoms with E-state index >= 15 is 0 Å². The third kappa shape index (κ3) is 1.73. The maximum atomic E-state index is 8.71. The van der Waals surface area contributed by atoms with E-state index in [9.17, 15) is 0 Å². The number of rotatable bonds is 0. The first-order valence-corrected chi connectivity index (χ1v) is 4.68. The second-order valence-electron chi connectivity index (χ2n) is 3.17. The molecule has 16 heavy (non-hydrogen) atoms. The molecule has 1 aliphatic heterocycles. The van der Waals surface area contributed by atoms with E-state index in [1.165, 1.54) is 0 Å². The molecular formula is C12H8N4. The predicted octanol–water partition coefficient (Wildman–Crippen LogP) is -0.386. The molecule has 4 heteroatoms. The Morgan fingerprint density at radius 2 is 1.50 bits per heavy atom. The van der Waals surface area contributed by atoms with Crippen LogP contribution < -0.4 is 21.1 Å². The monoisotopic (exact) mass is 208 g/mol. The summed E-state index contributed by atoms with van der Waals surface area (Å²) >= 11 is 0. The van der Waals surface area contributed by atoms with Crippen LogP contribution in [-0.4, -0.2) is 0 Å². The highest BCUT2D eigenvalue weighted by Crippen LogP contribution is 1.89. The Balaban J connectivity index is 2.54. The zero-order chi connectivity index (χ0) is 11.4. The molecule has 4 nitrogen and oxygen atoms in total. The summed E-state index contributed by atoms with van der Waals surface area (Å²) in [6, 6.07) is 10.9. The molecule has 76 valence electrons. The highest BCUT2D eigenvalue weighted by atomic mass is 15.1. The van der Waals surface area contributed by atoms with E-state index < -0.39 is 0 Å². The lowest BCUT2D eigenvalue weighted by Gasteiger charge is -1.98. The van der Waals surface area contributed by atoms with Crippen molar-refractivity contribution in [1.82, 2.24) is 10.6 Å². The Labute approximate surface area is 92.4 Å². The van der Waals surface area contributed by atoms with Crippen LogP contribution in [0.15, 0.2) is 36.7 Å². The van der Waals surface area contributed by atoms with Crippen molar-refractivity contribution < 1.29 is 0 Å². The average molecular weight is 208 g/mol. The number of hydrogen-bond acceptors (Lipinski definition) is 4. The van der Waals surface area contributed by atoms with Crippen LogP contribution in [0.2, 0.25) is 0 Å². The molecule has 1 heterocycles. The SMILES string of the molecule is N#CC(C#N)=c1ccc(=C2NC=CN2)cc1. The second-order valence-corrected chi connectivity index (χ2v) is 3.17. The fourth-order valence-electron chi connectivity index (χ4n) is 1.42. The Hall–Kier alpha value is -2.72. The van der Waals surface area contributed by atoms with Gasteiger partial charge in [-0.3, -0.25) is 0 Å². The van der Waals surface area contributed by atoms with Crippen molar-refractivity contribution in [3.8, 4) is 12.1 Å². The van der Waals surface area contributed by atoms with E-state index in [4.69, 9.17) is 10.5 Å². The van der Waals surface area contributed by atoms with Crippen molar-refractivity contribution in [3.63, 3.8) is 0 Å². The van der Waals surface area contributed by atoms with Crippen molar-refractivity contribution in [2.45, 2.75) is 0 Å².